The van der Waals surface area contributed by atoms with Crippen LogP contribution in [0.25, 0.3) is 11.3 Å². The van der Waals surface area contributed by atoms with Crippen LogP contribution in [0.15, 0.2) is 49.1 Å². The number of nitrogens with zero attached hydrogens (tertiary/aromatic N) is 4. The number of anilines is 2. The van der Waals surface area contributed by atoms with Gasteiger partial charge in [-0.1, -0.05) is 0 Å². The Morgan fingerprint density at radius 1 is 1.11 bits per heavy atom. The average Bonchev–Trinajstić information content (AvgIpc) is 3.18. The first-order chi connectivity index (χ1) is 13.0. The third kappa shape index (κ3) is 4.80. The van der Waals surface area contributed by atoms with Crippen LogP contribution in [0.2, 0.25) is 0 Å². The van der Waals surface area contributed by atoms with Gasteiger partial charge in [0, 0.05) is 35.9 Å². The normalized spacial score (nSPS) is 10.5. The van der Waals surface area contributed by atoms with Gasteiger partial charge in [0.25, 0.3) is 0 Å². The lowest BCUT2D eigenvalue weighted by Gasteiger charge is -2.05. The molecular formula is C17H16I2N6O2. The molecule has 27 heavy (non-hydrogen) atoms. The van der Waals surface area contributed by atoms with Gasteiger partial charge in [-0.2, -0.15) is 0 Å². The van der Waals surface area contributed by atoms with Crippen LogP contribution >= 0.6 is 45.2 Å². The van der Waals surface area contributed by atoms with Crippen molar-refractivity contribution < 1.29 is 9.53 Å². The number of imidazole rings is 2. The van der Waals surface area contributed by atoms with Crippen LogP contribution in [0.3, 0.4) is 0 Å². The Morgan fingerprint density at radius 3 is 2.33 bits per heavy atom. The van der Waals surface area contributed by atoms with Crippen molar-refractivity contribution in [3.05, 3.63) is 56.5 Å². The molecule has 4 heterocycles. The summed E-state index contributed by atoms with van der Waals surface area (Å²) in [6.07, 6.45) is 6.90. The quantitative estimate of drug-likeness (QED) is 0.344. The highest BCUT2D eigenvalue weighted by Gasteiger charge is 2.04. The minimum absolute atomic E-state index is 0.357. The Kier molecular flexibility index (Phi) is 6.36. The number of amides is 1. The molecule has 0 spiro atoms. The summed E-state index contributed by atoms with van der Waals surface area (Å²) in [4.78, 5) is 19.5. The van der Waals surface area contributed by atoms with E-state index in [1.807, 2.05) is 39.5 Å². The second-order valence-electron chi connectivity index (χ2n) is 5.34. The van der Waals surface area contributed by atoms with Crippen molar-refractivity contribution in [1.82, 2.24) is 18.8 Å². The zero-order chi connectivity index (χ0) is 19.4. The van der Waals surface area contributed by atoms with E-state index in [9.17, 15) is 4.79 Å². The molecule has 1 amide bonds. The number of halogens is 2. The van der Waals surface area contributed by atoms with Crippen LogP contribution in [-0.4, -0.2) is 31.5 Å². The summed E-state index contributed by atoms with van der Waals surface area (Å²) in [6.45, 7) is 2.12. The predicted molar refractivity (Wildman–Crippen MR) is 121 cm³/mol. The van der Waals surface area contributed by atoms with Crippen molar-refractivity contribution in [2.45, 2.75) is 6.92 Å². The molecule has 0 unspecified atom stereocenters. The van der Waals surface area contributed by atoms with E-state index in [1.165, 1.54) is 0 Å². The Balaban J connectivity index is 0.000000166. The number of fused-ring (bicyclic) bond motifs is 2. The van der Waals surface area contributed by atoms with Crippen LogP contribution in [-0.2, 0) is 4.74 Å². The summed E-state index contributed by atoms with van der Waals surface area (Å²) >= 11 is 4.42. The van der Waals surface area contributed by atoms with E-state index in [0.717, 1.165) is 24.4 Å². The van der Waals surface area contributed by atoms with Crippen molar-refractivity contribution in [1.29, 1.82) is 0 Å². The summed E-state index contributed by atoms with van der Waals surface area (Å²) < 4.78 is 10.8. The maximum atomic E-state index is 11.2. The number of ether oxygens (including phenoxy) is 1. The van der Waals surface area contributed by atoms with Gasteiger partial charge in [-0.25, -0.2) is 14.8 Å². The lowest BCUT2D eigenvalue weighted by Crippen LogP contribution is -2.13. The molecule has 0 aliphatic rings. The largest absolute Gasteiger partial charge is 0.450 e. The number of carbonyl (C=O) groups is 1. The fraction of sp³-hybridized carbons (Fsp3) is 0.118. The van der Waals surface area contributed by atoms with E-state index in [4.69, 9.17) is 10.5 Å². The van der Waals surface area contributed by atoms with Crippen molar-refractivity contribution in [2.24, 2.45) is 0 Å². The molecule has 4 aromatic heterocycles. The number of hydrogen-bond acceptors (Lipinski definition) is 5. The molecule has 0 saturated carbocycles. The number of carbonyl (C=O) groups excluding carboxylic acids is 1. The van der Waals surface area contributed by atoms with E-state index in [-0.39, 0.29) is 0 Å². The Labute approximate surface area is 182 Å². The topological polar surface area (TPSA) is 98.9 Å². The minimum Gasteiger partial charge on any atom is -0.450 e. The molecule has 0 fully saturated rings. The molecular weight excluding hydrogens is 574 g/mol. The molecule has 0 saturated heterocycles. The molecule has 0 aliphatic heterocycles. The first kappa shape index (κ1) is 19.7. The van der Waals surface area contributed by atoms with Crippen molar-refractivity contribution in [3.8, 4) is 0 Å². The predicted octanol–water partition coefficient (Wildman–Crippen LogP) is 4.03. The fourth-order valence-corrected chi connectivity index (χ4v) is 3.37. The average molecular weight is 590 g/mol. The maximum Gasteiger partial charge on any atom is 0.411 e. The molecule has 4 aromatic rings. The Bertz CT molecular complexity index is 1090. The number of pyridine rings is 2. The third-order valence-electron chi connectivity index (χ3n) is 3.48. The first-order valence-electron chi connectivity index (χ1n) is 7.92. The molecule has 3 N–H and O–H groups in total. The lowest BCUT2D eigenvalue weighted by molar-refractivity contribution is 0.168. The number of hydrogen-bond donors (Lipinski definition) is 2. The fourth-order valence-electron chi connectivity index (χ4n) is 2.28. The van der Waals surface area contributed by atoms with Crippen LogP contribution in [0.4, 0.5) is 16.2 Å². The Hall–Kier alpha value is -2.09. The molecule has 0 aromatic carbocycles. The zero-order valence-electron chi connectivity index (χ0n) is 14.3. The van der Waals surface area contributed by atoms with E-state index in [0.29, 0.717) is 12.3 Å². The number of rotatable bonds is 2. The van der Waals surface area contributed by atoms with Crippen LogP contribution in [0, 0.1) is 7.40 Å². The van der Waals surface area contributed by atoms with E-state index >= 15 is 0 Å². The van der Waals surface area contributed by atoms with Crippen LogP contribution in [0.1, 0.15) is 6.92 Å². The SMILES string of the molecule is CCOC(=O)Nc1ccn2c(I)cnc2c1.Nc1ccn2c(I)cnc2c1. The van der Waals surface area contributed by atoms with Crippen LogP contribution < -0.4 is 11.1 Å². The summed E-state index contributed by atoms with van der Waals surface area (Å²) in [5.74, 6) is 0. The van der Waals surface area contributed by atoms with Crippen molar-refractivity contribution in [2.75, 3.05) is 17.7 Å². The van der Waals surface area contributed by atoms with Gasteiger partial charge in [0.05, 0.1) is 19.0 Å². The van der Waals surface area contributed by atoms with Gasteiger partial charge in [-0.05, 0) is 64.2 Å². The molecule has 0 radical (unpaired) electrons. The summed E-state index contributed by atoms with van der Waals surface area (Å²) in [6, 6.07) is 7.30. The second kappa shape index (κ2) is 8.73. The van der Waals surface area contributed by atoms with E-state index < -0.39 is 6.09 Å². The number of nitrogen functional groups attached to an aromatic ring is 1. The number of aromatic nitrogens is 4. The Morgan fingerprint density at radius 2 is 1.70 bits per heavy atom. The zero-order valence-corrected chi connectivity index (χ0v) is 18.6. The molecule has 4 rings (SSSR count). The van der Waals surface area contributed by atoms with Gasteiger partial charge in [0.15, 0.2) is 0 Å². The van der Waals surface area contributed by atoms with Gasteiger partial charge >= 0.3 is 6.09 Å². The van der Waals surface area contributed by atoms with Crippen molar-refractivity contribution >= 4 is 73.9 Å². The van der Waals surface area contributed by atoms with Gasteiger partial charge in [-0.3, -0.25) is 14.1 Å². The molecule has 0 aliphatic carbocycles. The maximum absolute atomic E-state index is 11.2. The molecule has 10 heteroatoms. The smallest absolute Gasteiger partial charge is 0.411 e. The first-order valence-corrected chi connectivity index (χ1v) is 10.1. The summed E-state index contributed by atoms with van der Waals surface area (Å²) in [5, 5.41) is 2.63. The summed E-state index contributed by atoms with van der Waals surface area (Å²) in [5.41, 5.74) is 8.69. The minimum atomic E-state index is -0.451. The highest BCUT2D eigenvalue weighted by Crippen LogP contribution is 2.14. The number of nitrogens with two attached hydrogens (primary N) is 1. The highest BCUT2D eigenvalue weighted by atomic mass is 127. The third-order valence-corrected chi connectivity index (χ3v) is 5.08. The van der Waals surface area contributed by atoms with E-state index in [2.05, 4.69) is 60.5 Å². The van der Waals surface area contributed by atoms with Gasteiger partial charge in [0.1, 0.15) is 18.7 Å². The highest BCUT2D eigenvalue weighted by molar-refractivity contribution is 14.1. The van der Waals surface area contributed by atoms with Crippen molar-refractivity contribution in [3.63, 3.8) is 0 Å². The molecule has 8 nitrogen and oxygen atoms in total. The number of nitrogens with one attached hydrogen (secondary N) is 1. The van der Waals surface area contributed by atoms with Gasteiger partial charge < -0.3 is 10.5 Å². The second-order valence-corrected chi connectivity index (χ2v) is 7.55. The molecule has 140 valence electrons. The van der Waals surface area contributed by atoms with Gasteiger partial charge in [-0.15, -0.1) is 0 Å². The standard InChI is InChI=1S/C10H10IN3O2.C7H6IN3/c1-2-16-10(15)13-7-3-4-14-8(11)6-12-9(14)5-7;8-6-4-10-7-3-5(9)1-2-11(6)7/h3-6H,2H2,1H3,(H,13,15);1-4H,9H2. The summed E-state index contributed by atoms with van der Waals surface area (Å²) in [7, 11) is 0. The lowest BCUT2D eigenvalue weighted by atomic mass is 10.4. The van der Waals surface area contributed by atoms with Gasteiger partial charge in [0.2, 0.25) is 0 Å². The molecule has 0 atom stereocenters. The monoisotopic (exact) mass is 590 g/mol. The van der Waals surface area contributed by atoms with E-state index in [1.54, 1.807) is 25.3 Å². The molecule has 0 bridgehead atoms. The van der Waals surface area contributed by atoms with Crippen LogP contribution in [0.5, 0.6) is 0 Å².